The zero-order valence-corrected chi connectivity index (χ0v) is 25.6. The molecule has 2 fully saturated rings. The van der Waals surface area contributed by atoms with Gasteiger partial charge in [-0.15, -0.1) is 0 Å². The molecule has 2 N–H and O–H groups in total. The summed E-state index contributed by atoms with van der Waals surface area (Å²) in [7, 11) is 5.97. The van der Waals surface area contributed by atoms with Crippen molar-refractivity contribution in [2.75, 3.05) is 28.3 Å². The second-order valence-corrected chi connectivity index (χ2v) is 11.2. The fourth-order valence-corrected chi connectivity index (χ4v) is 5.43. The van der Waals surface area contributed by atoms with Crippen molar-refractivity contribution in [1.29, 1.82) is 0 Å². The molecule has 10 heteroatoms. The van der Waals surface area contributed by atoms with E-state index in [1.165, 1.54) is 48.3 Å². The number of methoxy groups -OCH3 is 2. The first-order valence-electron chi connectivity index (χ1n) is 14.5. The van der Waals surface area contributed by atoms with Gasteiger partial charge in [-0.1, -0.05) is 35.8 Å². The first kappa shape index (κ1) is 34.4. The molecule has 2 aliphatic carbocycles. The van der Waals surface area contributed by atoms with E-state index in [1.807, 2.05) is 0 Å². The van der Waals surface area contributed by atoms with Crippen LogP contribution in [0.15, 0.2) is 48.5 Å². The molecule has 2 saturated carbocycles. The Morgan fingerprint density at radius 2 is 1.16 bits per heavy atom. The van der Waals surface area contributed by atoms with Crippen LogP contribution in [0.4, 0.5) is 18.4 Å². The number of hydrogen-bond donors (Lipinski definition) is 2. The van der Waals surface area contributed by atoms with Crippen molar-refractivity contribution in [2.24, 2.45) is 0 Å². The summed E-state index contributed by atoms with van der Waals surface area (Å²) in [4.78, 5) is 26.2. The van der Waals surface area contributed by atoms with E-state index < -0.39 is 23.4 Å². The molecule has 4 atom stereocenters. The summed E-state index contributed by atoms with van der Waals surface area (Å²) < 4.78 is 35.7. The maximum Gasteiger partial charge on any atom is 0.409 e. The van der Waals surface area contributed by atoms with Crippen LogP contribution in [0, 0.1) is 35.3 Å². The molecule has 0 spiro atoms. The summed E-state index contributed by atoms with van der Waals surface area (Å²) in [5.74, 6) is 10.6. The lowest BCUT2D eigenvalue weighted by molar-refractivity contribution is 0.0191. The molecule has 0 aliphatic heterocycles. The number of rotatable bonds is 2. The third kappa shape index (κ3) is 9.97. The van der Waals surface area contributed by atoms with Crippen LogP contribution in [0.2, 0.25) is 0 Å². The van der Waals surface area contributed by atoms with Crippen LogP contribution in [-0.2, 0) is 9.47 Å². The number of benzene rings is 2. The Morgan fingerprint density at radius 3 is 1.50 bits per heavy atom. The Morgan fingerprint density at radius 1 is 0.773 bits per heavy atom. The number of ether oxygens (including phenoxy) is 2. The minimum atomic E-state index is -1.17. The monoisotopic (exact) mass is 610 g/mol. The molecule has 0 heterocycles. The summed E-state index contributed by atoms with van der Waals surface area (Å²) in [5.41, 5.74) is -1.29. The van der Waals surface area contributed by atoms with Gasteiger partial charge >= 0.3 is 12.2 Å². The lowest BCUT2D eigenvalue weighted by Crippen LogP contribution is -2.46. The molecule has 0 bridgehead atoms. The standard InChI is InChI=1S/2C17H20FNO3/c2*1-19(16(20)22-2)15-7-4-9-17(21,12-15)10-8-13-5-3-6-14(18)11-13/h2*3,5-6,11,15,21H,4,7,9,12H2,1-2H3. The number of carbonyl (C=O) groups is 2. The number of nitrogens with zero attached hydrogens (tertiary/aromatic N) is 2. The van der Waals surface area contributed by atoms with Crippen molar-refractivity contribution in [2.45, 2.75) is 74.7 Å². The summed E-state index contributed by atoms with van der Waals surface area (Å²) >= 11 is 0. The van der Waals surface area contributed by atoms with Gasteiger partial charge in [0.2, 0.25) is 0 Å². The number of amides is 2. The van der Waals surface area contributed by atoms with Crippen molar-refractivity contribution in [3.05, 3.63) is 71.3 Å². The maximum atomic E-state index is 13.1. The van der Waals surface area contributed by atoms with E-state index in [1.54, 1.807) is 38.4 Å². The Bertz CT molecular complexity index is 1320. The molecule has 4 unspecified atom stereocenters. The van der Waals surface area contributed by atoms with Crippen LogP contribution < -0.4 is 0 Å². The molecule has 0 aromatic heterocycles. The van der Waals surface area contributed by atoms with Crippen molar-refractivity contribution < 1.29 is 38.1 Å². The Balaban J connectivity index is 0.000000240. The molecule has 236 valence electrons. The summed E-state index contributed by atoms with van der Waals surface area (Å²) in [6, 6.07) is 11.7. The fourth-order valence-electron chi connectivity index (χ4n) is 5.43. The molecule has 2 aromatic carbocycles. The minimum Gasteiger partial charge on any atom is -0.453 e. The predicted molar refractivity (Wildman–Crippen MR) is 161 cm³/mol. The van der Waals surface area contributed by atoms with E-state index in [0.717, 1.165) is 25.7 Å². The third-order valence-electron chi connectivity index (χ3n) is 7.95. The highest BCUT2D eigenvalue weighted by atomic mass is 19.1. The van der Waals surface area contributed by atoms with Crippen molar-refractivity contribution in [1.82, 2.24) is 9.80 Å². The predicted octanol–water partition coefficient (Wildman–Crippen LogP) is 5.10. The van der Waals surface area contributed by atoms with Gasteiger partial charge in [0.25, 0.3) is 0 Å². The molecule has 2 amide bonds. The molecular weight excluding hydrogens is 570 g/mol. The molecular formula is C34H40F2N2O6. The van der Waals surface area contributed by atoms with Gasteiger partial charge in [-0.25, -0.2) is 18.4 Å². The van der Waals surface area contributed by atoms with Crippen LogP contribution in [0.1, 0.15) is 62.5 Å². The lowest BCUT2D eigenvalue weighted by Gasteiger charge is -2.37. The Hall–Kier alpha value is -4.12. The number of halogens is 2. The second kappa shape index (κ2) is 15.6. The van der Waals surface area contributed by atoms with E-state index in [-0.39, 0.29) is 23.7 Å². The number of aliphatic hydroxyl groups is 2. The second-order valence-electron chi connectivity index (χ2n) is 11.2. The SMILES string of the molecule is COC(=O)N(C)C1CCCC(O)(C#Cc2cccc(F)c2)C1.COC(=O)N(C)C1CCCC(O)(C#Cc2cccc(F)c2)C1. The quantitative estimate of drug-likeness (QED) is 0.460. The van der Waals surface area contributed by atoms with Gasteiger partial charge in [-0.2, -0.15) is 0 Å². The highest BCUT2D eigenvalue weighted by molar-refractivity contribution is 5.67. The zero-order chi connectivity index (χ0) is 32.3. The first-order valence-corrected chi connectivity index (χ1v) is 14.5. The minimum absolute atomic E-state index is 0.118. The molecule has 8 nitrogen and oxygen atoms in total. The van der Waals surface area contributed by atoms with Crippen LogP contribution >= 0.6 is 0 Å². The highest BCUT2D eigenvalue weighted by Gasteiger charge is 2.37. The van der Waals surface area contributed by atoms with Gasteiger partial charge in [-0.05, 0) is 74.9 Å². The normalized spacial score (nSPS) is 24.1. The van der Waals surface area contributed by atoms with Gasteiger partial charge in [0.1, 0.15) is 22.8 Å². The van der Waals surface area contributed by atoms with E-state index in [9.17, 15) is 28.6 Å². The Labute approximate surface area is 257 Å². The Kier molecular flexibility index (Phi) is 12.2. The van der Waals surface area contributed by atoms with Gasteiger partial charge in [0.05, 0.1) is 14.2 Å². The average molecular weight is 611 g/mol. The van der Waals surface area contributed by atoms with E-state index in [2.05, 4.69) is 23.7 Å². The third-order valence-corrected chi connectivity index (χ3v) is 7.95. The van der Waals surface area contributed by atoms with E-state index in [4.69, 9.17) is 9.47 Å². The molecule has 0 saturated heterocycles. The smallest absolute Gasteiger partial charge is 0.409 e. The van der Waals surface area contributed by atoms with Crippen LogP contribution in [0.3, 0.4) is 0 Å². The van der Waals surface area contributed by atoms with Gasteiger partial charge in [0.15, 0.2) is 0 Å². The largest absolute Gasteiger partial charge is 0.453 e. The zero-order valence-electron chi connectivity index (χ0n) is 25.6. The van der Waals surface area contributed by atoms with Gasteiger partial charge < -0.3 is 29.5 Å². The van der Waals surface area contributed by atoms with E-state index in [0.29, 0.717) is 36.8 Å². The highest BCUT2D eigenvalue weighted by Crippen LogP contribution is 2.32. The van der Waals surface area contributed by atoms with Crippen molar-refractivity contribution in [3.8, 4) is 23.7 Å². The number of hydrogen-bond acceptors (Lipinski definition) is 6. The van der Waals surface area contributed by atoms with Crippen LogP contribution in [0.25, 0.3) is 0 Å². The number of carbonyl (C=O) groups excluding carboxylic acids is 2. The van der Waals surface area contributed by atoms with Crippen LogP contribution in [0.5, 0.6) is 0 Å². The molecule has 44 heavy (non-hydrogen) atoms. The topological polar surface area (TPSA) is 99.5 Å². The van der Waals surface area contributed by atoms with Gasteiger partial charge in [-0.3, -0.25) is 0 Å². The summed E-state index contributed by atoms with van der Waals surface area (Å²) in [6.45, 7) is 0. The van der Waals surface area contributed by atoms with E-state index >= 15 is 0 Å². The van der Waals surface area contributed by atoms with Crippen molar-refractivity contribution in [3.63, 3.8) is 0 Å². The lowest BCUT2D eigenvalue weighted by atomic mass is 9.81. The molecule has 2 aliphatic rings. The summed E-state index contributed by atoms with van der Waals surface area (Å²) in [5, 5.41) is 21.3. The average Bonchev–Trinajstić information content (AvgIpc) is 3.02. The fraction of sp³-hybridized carbons (Fsp3) is 0.471. The molecule has 2 aromatic rings. The first-order chi connectivity index (χ1) is 20.9. The molecule has 4 rings (SSSR count). The molecule has 0 radical (unpaired) electrons. The van der Waals surface area contributed by atoms with Crippen molar-refractivity contribution >= 4 is 12.2 Å². The summed E-state index contributed by atoms with van der Waals surface area (Å²) in [6.07, 6.45) is 4.09. The van der Waals surface area contributed by atoms with Gasteiger partial charge in [0, 0.05) is 50.1 Å². The van der Waals surface area contributed by atoms with Crippen LogP contribution in [-0.4, -0.2) is 83.8 Å². The maximum absolute atomic E-state index is 13.1.